The molecule has 2 fully saturated rings. The van der Waals surface area contributed by atoms with Gasteiger partial charge in [-0.25, -0.2) is 4.79 Å². The first-order chi connectivity index (χ1) is 13.7. The lowest BCUT2D eigenvalue weighted by molar-refractivity contribution is -0.121. The van der Waals surface area contributed by atoms with Gasteiger partial charge in [0.15, 0.2) is 0 Å². The van der Waals surface area contributed by atoms with Crippen molar-refractivity contribution in [3.05, 3.63) is 0 Å². The lowest BCUT2D eigenvalue weighted by Crippen LogP contribution is -2.36. The minimum Gasteiger partial charge on any atom is -0.378 e. The quantitative estimate of drug-likeness (QED) is 0.203. The highest BCUT2D eigenvalue weighted by Crippen LogP contribution is 2.33. The number of urea groups is 1. The van der Waals surface area contributed by atoms with Gasteiger partial charge in [0.1, 0.15) is 0 Å². The molecule has 2 rings (SSSR count). The molecule has 5 N–H and O–H groups in total. The minimum atomic E-state index is -0.0509. The molecule has 2 aliphatic heterocycles. The summed E-state index contributed by atoms with van der Waals surface area (Å²) < 4.78 is 15.9. The Labute approximate surface area is 171 Å². The van der Waals surface area contributed by atoms with Crippen LogP contribution < -0.4 is 21.7 Å². The Bertz CT molecular complexity index is 471. The molecule has 0 aromatic carbocycles. The third kappa shape index (κ3) is 8.95. The summed E-state index contributed by atoms with van der Waals surface area (Å²) in [7, 11) is 0. The van der Waals surface area contributed by atoms with Gasteiger partial charge in [-0.1, -0.05) is 6.42 Å². The van der Waals surface area contributed by atoms with E-state index in [4.69, 9.17) is 19.9 Å². The number of carbonyl (C=O) groups is 2. The summed E-state index contributed by atoms with van der Waals surface area (Å²) in [6.45, 7) is 4.15. The maximum Gasteiger partial charge on any atom is 0.315 e. The summed E-state index contributed by atoms with van der Waals surface area (Å²) in [6, 6.07) is 0.455. The van der Waals surface area contributed by atoms with Crippen molar-refractivity contribution in [1.82, 2.24) is 16.0 Å². The van der Waals surface area contributed by atoms with Gasteiger partial charge in [0, 0.05) is 30.5 Å². The first-order valence-corrected chi connectivity index (χ1v) is 11.1. The van der Waals surface area contributed by atoms with Crippen molar-refractivity contribution >= 4 is 23.7 Å². The number of nitrogens with one attached hydrogen (secondary N) is 3. The number of amides is 3. The molecular formula is C18H34N4O5S. The van der Waals surface area contributed by atoms with Crippen LogP contribution in [0.15, 0.2) is 0 Å². The number of carbonyl (C=O) groups excluding carboxylic acids is 2. The fourth-order valence-electron chi connectivity index (χ4n) is 3.25. The van der Waals surface area contributed by atoms with E-state index in [-0.39, 0.29) is 24.0 Å². The predicted molar refractivity (Wildman–Crippen MR) is 108 cm³/mol. The zero-order valence-electron chi connectivity index (χ0n) is 16.5. The van der Waals surface area contributed by atoms with Crippen molar-refractivity contribution in [2.45, 2.75) is 43.0 Å². The molecule has 3 atom stereocenters. The van der Waals surface area contributed by atoms with Crippen LogP contribution in [0.5, 0.6) is 0 Å². The third-order valence-electron chi connectivity index (χ3n) is 4.66. The van der Waals surface area contributed by atoms with E-state index in [1.165, 1.54) is 0 Å². The summed E-state index contributed by atoms with van der Waals surface area (Å²) in [4.78, 5) is 23.2. The number of hydrogen-bond acceptors (Lipinski definition) is 7. The number of thioether (sulfide) groups is 1. The van der Waals surface area contributed by atoms with Gasteiger partial charge in [-0.15, -0.1) is 0 Å². The van der Waals surface area contributed by atoms with Crippen LogP contribution in [0.25, 0.3) is 0 Å². The summed E-state index contributed by atoms with van der Waals surface area (Å²) in [5.74, 6) is 1.03. The summed E-state index contributed by atoms with van der Waals surface area (Å²) in [5.41, 5.74) is 5.31. The smallest absolute Gasteiger partial charge is 0.315 e. The topological polar surface area (TPSA) is 124 Å². The van der Waals surface area contributed by atoms with E-state index in [9.17, 15) is 9.59 Å². The van der Waals surface area contributed by atoms with Gasteiger partial charge in [-0.3, -0.25) is 4.79 Å². The summed E-state index contributed by atoms with van der Waals surface area (Å²) in [5, 5.41) is 9.26. The molecule has 2 saturated heterocycles. The summed E-state index contributed by atoms with van der Waals surface area (Å²) >= 11 is 1.91. The largest absolute Gasteiger partial charge is 0.378 e. The maximum absolute atomic E-state index is 11.8. The zero-order valence-corrected chi connectivity index (χ0v) is 17.3. The molecule has 10 heteroatoms. The molecular weight excluding hydrogens is 384 g/mol. The van der Waals surface area contributed by atoms with Crippen LogP contribution in [-0.4, -0.2) is 87.8 Å². The van der Waals surface area contributed by atoms with E-state index in [0.29, 0.717) is 64.4 Å². The van der Waals surface area contributed by atoms with Crippen molar-refractivity contribution in [1.29, 1.82) is 0 Å². The van der Waals surface area contributed by atoms with Crippen molar-refractivity contribution in [2.24, 2.45) is 5.73 Å². The maximum atomic E-state index is 11.8. The van der Waals surface area contributed by atoms with E-state index < -0.39 is 0 Å². The number of unbranched alkanes of at least 4 members (excludes halogenated alkanes) is 1. The molecule has 28 heavy (non-hydrogen) atoms. The highest BCUT2D eigenvalue weighted by atomic mass is 32.2. The van der Waals surface area contributed by atoms with E-state index in [0.717, 1.165) is 25.0 Å². The Morgan fingerprint density at radius 2 is 1.79 bits per heavy atom. The highest BCUT2D eigenvalue weighted by molar-refractivity contribution is 8.00. The normalized spacial score (nSPS) is 23.3. The molecule has 0 spiro atoms. The molecule has 0 unspecified atom stereocenters. The molecule has 2 heterocycles. The van der Waals surface area contributed by atoms with Gasteiger partial charge in [0.05, 0.1) is 51.7 Å². The van der Waals surface area contributed by atoms with E-state index in [2.05, 4.69) is 16.0 Å². The van der Waals surface area contributed by atoms with Crippen LogP contribution in [0.1, 0.15) is 25.7 Å². The van der Waals surface area contributed by atoms with Gasteiger partial charge in [0.2, 0.25) is 5.91 Å². The molecule has 162 valence electrons. The number of rotatable bonds is 16. The molecule has 0 bridgehead atoms. The first kappa shape index (κ1) is 23.2. The highest BCUT2D eigenvalue weighted by Gasteiger charge is 2.42. The Morgan fingerprint density at radius 3 is 2.54 bits per heavy atom. The number of hydrogen-bond donors (Lipinski definition) is 4. The summed E-state index contributed by atoms with van der Waals surface area (Å²) in [6.07, 6.45) is 3.42. The van der Waals surface area contributed by atoms with Crippen molar-refractivity contribution < 1.29 is 23.8 Å². The van der Waals surface area contributed by atoms with Crippen molar-refractivity contribution in [3.63, 3.8) is 0 Å². The van der Waals surface area contributed by atoms with E-state index in [1.807, 2.05) is 11.8 Å². The molecule has 3 amide bonds. The SMILES string of the molecule is NCCOCCOCCOCCNC(=O)CCCC[C@@H]1SC[C@H]2NC(=O)N[C@H]12. The number of nitrogens with two attached hydrogens (primary N) is 1. The van der Waals surface area contributed by atoms with Gasteiger partial charge >= 0.3 is 6.03 Å². The Kier molecular flexibility index (Phi) is 11.6. The van der Waals surface area contributed by atoms with Gasteiger partial charge in [0.25, 0.3) is 0 Å². The van der Waals surface area contributed by atoms with Crippen molar-refractivity contribution in [2.75, 3.05) is 58.5 Å². The van der Waals surface area contributed by atoms with Crippen molar-refractivity contribution in [3.8, 4) is 0 Å². The molecule has 0 saturated carbocycles. The van der Waals surface area contributed by atoms with Gasteiger partial charge in [-0.05, 0) is 12.8 Å². The Morgan fingerprint density at radius 1 is 1.07 bits per heavy atom. The average Bonchev–Trinajstić information content (AvgIpc) is 3.22. The molecule has 0 aromatic rings. The van der Waals surface area contributed by atoms with Crippen LogP contribution in [0.4, 0.5) is 4.79 Å². The minimum absolute atomic E-state index is 0.0509. The molecule has 0 aliphatic carbocycles. The molecule has 9 nitrogen and oxygen atoms in total. The number of fused-ring (bicyclic) bond motifs is 1. The van der Waals surface area contributed by atoms with E-state index in [1.54, 1.807) is 0 Å². The van der Waals surface area contributed by atoms with Crippen LogP contribution in [0.2, 0.25) is 0 Å². The third-order valence-corrected chi connectivity index (χ3v) is 6.16. The van der Waals surface area contributed by atoms with Crippen LogP contribution in [-0.2, 0) is 19.0 Å². The second-order valence-corrected chi connectivity index (χ2v) is 8.12. The zero-order chi connectivity index (χ0) is 20.0. The molecule has 0 radical (unpaired) electrons. The number of ether oxygens (including phenoxy) is 3. The monoisotopic (exact) mass is 418 g/mol. The standard InChI is InChI=1S/C18H34N4O5S/c19-5-7-25-9-11-27-12-10-26-8-6-20-16(23)4-2-1-3-15-17-14(13-28-15)21-18(24)22-17/h14-15,17H,1-13,19H2,(H,20,23)(H2,21,22,24)/t14-,15+,17+/m1/s1. The lowest BCUT2D eigenvalue weighted by Gasteiger charge is -2.16. The first-order valence-electron chi connectivity index (χ1n) is 10.1. The van der Waals surface area contributed by atoms with Crippen LogP contribution in [0, 0.1) is 0 Å². The van der Waals surface area contributed by atoms with Crippen LogP contribution >= 0.6 is 11.8 Å². The predicted octanol–water partition coefficient (Wildman–Crippen LogP) is -0.163. The fourth-order valence-corrected chi connectivity index (χ4v) is 4.79. The Balaban J connectivity index is 1.34. The van der Waals surface area contributed by atoms with Gasteiger partial charge in [-0.2, -0.15) is 11.8 Å². The average molecular weight is 419 g/mol. The molecule has 2 aliphatic rings. The molecule has 0 aromatic heterocycles. The van der Waals surface area contributed by atoms with Gasteiger partial charge < -0.3 is 35.9 Å². The second-order valence-electron chi connectivity index (χ2n) is 6.84. The fraction of sp³-hybridized carbons (Fsp3) is 0.889. The second kappa shape index (κ2) is 14.0. The van der Waals surface area contributed by atoms with E-state index >= 15 is 0 Å². The van der Waals surface area contributed by atoms with Crippen LogP contribution in [0.3, 0.4) is 0 Å². The lowest BCUT2D eigenvalue weighted by atomic mass is 10.0. The Hall–Kier alpha value is -1.07.